The van der Waals surface area contributed by atoms with Gasteiger partial charge < -0.3 is 5.32 Å². The van der Waals surface area contributed by atoms with Gasteiger partial charge in [0.2, 0.25) is 5.91 Å². The Labute approximate surface area is 106 Å². The summed E-state index contributed by atoms with van der Waals surface area (Å²) in [5, 5.41) is 4.99. The lowest BCUT2D eigenvalue weighted by atomic mass is 10.2. The summed E-state index contributed by atoms with van der Waals surface area (Å²) in [6.07, 6.45) is 0.625. The molecule has 0 radical (unpaired) electrons. The molecule has 0 saturated carbocycles. The van der Waals surface area contributed by atoms with Gasteiger partial charge in [-0.2, -0.15) is 4.99 Å². The number of nitrogens with one attached hydrogen (secondary N) is 1. The molecule has 0 aliphatic carbocycles. The van der Waals surface area contributed by atoms with Gasteiger partial charge in [-0.3, -0.25) is 4.79 Å². The lowest BCUT2D eigenvalue weighted by Crippen LogP contribution is -2.20. The normalized spacial score (nSPS) is 8.53. The quantitative estimate of drug-likeness (QED) is 0.383. The molecule has 3 nitrogen and oxygen atoms in total. The van der Waals surface area contributed by atoms with Crippen molar-refractivity contribution in [3.63, 3.8) is 0 Å². The highest BCUT2D eigenvalue weighted by Gasteiger charge is 1.90. The number of amides is 1. The maximum Gasteiger partial charge on any atom is 0.216 e. The summed E-state index contributed by atoms with van der Waals surface area (Å²) in [6.45, 7) is 2.06. The van der Waals surface area contributed by atoms with Crippen LogP contribution in [0, 0.1) is 11.8 Å². The first-order chi connectivity index (χ1) is 8.22. The van der Waals surface area contributed by atoms with Gasteiger partial charge in [-0.1, -0.05) is 17.9 Å². The molecule has 1 N–H and O–H groups in total. The summed E-state index contributed by atoms with van der Waals surface area (Å²) in [4.78, 5) is 14.5. The minimum atomic E-state index is -0.0379. The van der Waals surface area contributed by atoms with Gasteiger partial charge in [0, 0.05) is 25.5 Å². The van der Waals surface area contributed by atoms with Gasteiger partial charge in [0.15, 0.2) is 0 Å². The minimum Gasteiger partial charge on any atom is -0.355 e. The van der Waals surface area contributed by atoms with E-state index in [1.807, 2.05) is 24.3 Å². The molecular formula is C13H12N2OS. The van der Waals surface area contributed by atoms with E-state index < -0.39 is 0 Å². The summed E-state index contributed by atoms with van der Waals surface area (Å²) >= 11 is 4.53. The van der Waals surface area contributed by atoms with E-state index in [0.29, 0.717) is 13.0 Å². The highest BCUT2D eigenvalue weighted by molar-refractivity contribution is 7.78. The van der Waals surface area contributed by atoms with Crippen LogP contribution < -0.4 is 5.32 Å². The molecule has 1 aromatic carbocycles. The smallest absolute Gasteiger partial charge is 0.216 e. The molecule has 1 aromatic rings. The predicted octanol–water partition coefficient (Wildman–Crippen LogP) is 2.30. The van der Waals surface area contributed by atoms with Gasteiger partial charge in [0.25, 0.3) is 0 Å². The van der Waals surface area contributed by atoms with Gasteiger partial charge in [0.1, 0.15) is 0 Å². The summed E-state index contributed by atoms with van der Waals surface area (Å²) in [5.41, 5.74) is 1.62. The fourth-order valence-electron chi connectivity index (χ4n) is 1.17. The van der Waals surface area contributed by atoms with Crippen LogP contribution in [0.15, 0.2) is 29.3 Å². The molecule has 86 valence electrons. The van der Waals surface area contributed by atoms with Gasteiger partial charge in [-0.15, -0.1) is 0 Å². The first kappa shape index (κ1) is 13.1. The SMILES string of the molecule is CC(=O)NCCC#Cc1cccc(N=C=S)c1. The molecule has 0 bridgehead atoms. The first-order valence-electron chi connectivity index (χ1n) is 5.13. The summed E-state index contributed by atoms with van der Waals surface area (Å²) in [5.74, 6) is 5.93. The Bertz CT molecular complexity index is 508. The van der Waals surface area contributed by atoms with Crippen LogP contribution in [0.3, 0.4) is 0 Å². The number of aliphatic imine (C=N–C) groups is 1. The average Bonchev–Trinajstić information content (AvgIpc) is 2.29. The number of hydrogen-bond acceptors (Lipinski definition) is 3. The standard InChI is InChI=1S/C13H12N2OS/c1-11(16)14-8-3-2-5-12-6-4-7-13(9-12)15-10-17/h4,6-7,9H,3,8H2,1H3,(H,14,16). The van der Waals surface area contributed by atoms with Crippen molar-refractivity contribution in [2.75, 3.05) is 6.54 Å². The summed E-state index contributed by atoms with van der Waals surface area (Å²) in [7, 11) is 0. The van der Waals surface area contributed by atoms with Crippen molar-refractivity contribution in [1.29, 1.82) is 0 Å². The minimum absolute atomic E-state index is 0.0379. The van der Waals surface area contributed by atoms with Crippen molar-refractivity contribution < 1.29 is 4.79 Å². The molecule has 0 aliphatic heterocycles. The lowest BCUT2D eigenvalue weighted by molar-refractivity contribution is -0.118. The monoisotopic (exact) mass is 244 g/mol. The molecule has 4 heteroatoms. The second-order valence-electron chi connectivity index (χ2n) is 3.29. The maximum absolute atomic E-state index is 10.6. The molecule has 0 aromatic heterocycles. The zero-order chi connectivity index (χ0) is 12.5. The van der Waals surface area contributed by atoms with Crippen LogP contribution in [0.1, 0.15) is 18.9 Å². The Morgan fingerprint density at radius 3 is 3.06 bits per heavy atom. The maximum atomic E-state index is 10.6. The van der Waals surface area contributed by atoms with Crippen molar-refractivity contribution in [1.82, 2.24) is 5.32 Å². The van der Waals surface area contributed by atoms with E-state index in [9.17, 15) is 4.79 Å². The number of rotatable bonds is 3. The van der Waals surface area contributed by atoms with E-state index in [2.05, 4.69) is 39.5 Å². The third-order valence-corrected chi connectivity index (χ3v) is 1.97. The van der Waals surface area contributed by atoms with E-state index in [4.69, 9.17) is 0 Å². The number of carbonyl (C=O) groups is 1. The Kier molecular flexibility index (Phi) is 5.67. The van der Waals surface area contributed by atoms with Crippen molar-refractivity contribution in [3.05, 3.63) is 29.8 Å². The van der Waals surface area contributed by atoms with Crippen LogP contribution in [0.2, 0.25) is 0 Å². The zero-order valence-corrected chi connectivity index (χ0v) is 10.3. The zero-order valence-electron chi connectivity index (χ0n) is 9.49. The number of hydrogen-bond donors (Lipinski definition) is 1. The van der Waals surface area contributed by atoms with Gasteiger partial charge in [-0.25, -0.2) is 0 Å². The molecule has 1 rings (SSSR count). The lowest BCUT2D eigenvalue weighted by Gasteiger charge is -1.95. The first-order valence-corrected chi connectivity index (χ1v) is 5.54. The number of carbonyl (C=O) groups excluding carboxylic acids is 1. The number of thiocarbonyl (C=S) groups is 1. The molecule has 0 unspecified atom stereocenters. The Hall–Kier alpha value is -1.95. The summed E-state index contributed by atoms with van der Waals surface area (Å²) < 4.78 is 0. The van der Waals surface area contributed by atoms with Crippen molar-refractivity contribution in [2.45, 2.75) is 13.3 Å². The van der Waals surface area contributed by atoms with Crippen LogP contribution in [-0.2, 0) is 4.79 Å². The molecule has 1 amide bonds. The molecule has 0 atom stereocenters. The van der Waals surface area contributed by atoms with E-state index in [0.717, 1.165) is 11.3 Å². The molecule has 0 aliphatic rings. The fraction of sp³-hybridized carbons (Fsp3) is 0.231. The Balaban J connectivity index is 2.56. The van der Waals surface area contributed by atoms with Gasteiger partial charge in [0.05, 0.1) is 10.8 Å². The van der Waals surface area contributed by atoms with Gasteiger partial charge in [-0.05, 0) is 30.4 Å². The number of isothiocyanates is 1. The van der Waals surface area contributed by atoms with E-state index in [1.165, 1.54) is 6.92 Å². The van der Waals surface area contributed by atoms with Crippen LogP contribution in [0.25, 0.3) is 0 Å². The van der Waals surface area contributed by atoms with Crippen molar-refractivity contribution >= 4 is 29.0 Å². The third-order valence-electron chi connectivity index (χ3n) is 1.88. The topological polar surface area (TPSA) is 41.5 Å². The van der Waals surface area contributed by atoms with Crippen molar-refractivity contribution in [3.8, 4) is 11.8 Å². The van der Waals surface area contributed by atoms with Gasteiger partial charge >= 0.3 is 0 Å². The molecule has 0 spiro atoms. The van der Waals surface area contributed by atoms with Crippen LogP contribution in [-0.4, -0.2) is 17.6 Å². The van der Waals surface area contributed by atoms with E-state index in [1.54, 1.807) is 0 Å². The second kappa shape index (κ2) is 7.34. The number of benzene rings is 1. The number of nitrogens with zero attached hydrogens (tertiary/aromatic N) is 1. The highest BCUT2D eigenvalue weighted by atomic mass is 32.1. The fourth-order valence-corrected chi connectivity index (χ4v) is 1.28. The molecule has 0 saturated heterocycles. The summed E-state index contributed by atoms with van der Waals surface area (Å²) in [6, 6.07) is 7.43. The Morgan fingerprint density at radius 2 is 2.35 bits per heavy atom. The molecular weight excluding hydrogens is 232 g/mol. The molecule has 17 heavy (non-hydrogen) atoms. The van der Waals surface area contributed by atoms with Crippen LogP contribution >= 0.6 is 12.2 Å². The van der Waals surface area contributed by atoms with Crippen molar-refractivity contribution in [2.24, 2.45) is 4.99 Å². The van der Waals surface area contributed by atoms with E-state index in [-0.39, 0.29) is 5.91 Å². The molecule has 0 fully saturated rings. The molecule has 0 heterocycles. The predicted molar refractivity (Wildman–Crippen MR) is 71.3 cm³/mol. The van der Waals surface area contributed by atoms with Crippen LogP contribution in [0.5, 0.6) is 0 Å². The third kappa shape index (κ3) is 5.62. The Morgan fingerprint density at radius 1 is 1.53 bits per heavy atom. The van der Waals surface area contributed by atoms with Crippen LogP contribution in [0.4, 0.5) is 5.69 Å². The largest absolute Gasteiger partial charge is 0.355 e. The second-order valence-corrected chi connectivity index (χ2v) is 3.47. The highest BCUT2D eigenvalue weighted by Crippen LogP contribution is 2.12. The average molecular weight is 244 g/mol. The van der Waals surface area contributed by atoms with E-state index >= 15 is 0 Å².